The second-order valence-electron chi connectivity index (χ2n) is 5.05. The van der Waals surface area contributed by atoms with Crippen LogP contribution in [0.25, 0.3) is 0 Å². The van der Waals surface area contributed by atoms with Gasteiger partial charge >= 0.3 is 0 Å². The molecule has 0 saturated carbocycles. The van der Waals surface area contributed by atoms with E-state index < -0.39 is 0 Å². The molecule has 1 unspecified atom stereocenters. The van der Waals surface area contributed by atoms with Crippen molar-refractivity contribution in [3.05, 3.63) is 18.2 Å². The summed E-state index contributed by atoms with van der Waals surface area (Å²) >= 11 is 0. The predicted octanol–water partition coefficient (Wildman–Crippen LogP) is 1.38. The maximum Gasteiger partial charge on any atom is 0.153 e. The molecule has 5 heteroatoms. The molecule has 2 aliphatic rings. The number of nitrogens with one attached hydrogen (secondary N) is 1. The van der Waals surface area contributed by atoms with Crippen molar-refractivity contribution < 1.29 is 4.74 Å². The molecule has 2 heterocycles. The lowest BCUT2D eigenvalue weighted by atomic mass is 10.2. The van der Waals surface area contributed by atoms with Crippen molar-refractivity contribution in [2.75, 3.05) is 31.9 Å². The Hall–Kier alpha value is -1.75. The van der Waals surface area contributed by atoms with Crippen molar-refractivity contribution >= 4 is 17.2 Å². The predicted molar refractivity (Wildman–Crippen MR) is 77.1 cm³/mol. The van der Waals surface area contributed by atoms with Crippen LogP contribution in [0.2, 0.25) is 0 Å². The smallest absolute Gasteiger partial charge is 0.153 e. The summed E-state index contributed by atoms with van der Waals surface area (Å²) in [5.41, 5.74) is 7.38. The molecule has 3 rings (SSSR count). The fourth-order valence-electron chi connectivity index (χ4n) is 2.58. The number of nitrogens with zero attached hydrogens (tertiary/aromatic N) is 2. The number of aliphatic imine (C=N–C) groups is 1. The standard InChI is InChI=1S/C14H20N4O/c1-10-14(18-7-2-5-16-6-8-18)17-12-9-11(15)3-4-13(12)19-10/h3-4,9-10,16H,2,5-8,15H2,1H3. The second kappa shape index (κ2) is 5.09. The van der Waals surface area contributed by atoms with E-state index in [-0.39, 0.29) is 6.10 Å². The van der Waals surface area contributed by atoms with Crippen LogP contribution in [0.1, 0.15) is 13.3 Å². The van der Waals surface area contributed by atoms with Crippen molar-refractivity contribution in [1.29, 1.82) is 0 Å². The molecule has 0 spiro atoms. The first kappa shape index (κ1) is 12.3. The summed E-state index contributed by atoms with van der Waals surface area (Å²) in [6.07, 6.45) is 1.13. The van der Waals surface area contributed by atoms with Crippen LogP contribution in [0.3, 0.4) is 0 Å². The number of ether oxygens (including phenoxy) is 1. The van der Waals surface area contributed by atoms with Gasteiger partial charge in [-0.25, -0.2) is 4.99 Å². The van der Waals surface area contributed by atoms with Crippen LogP contribution in [0.5, 0.6) is 5.75 Å². The lowest BCUT2D eigenvalue weighted by Gasteiger charge is -2.31. The number of amidine groups is 1. The largest absolute Gasteiger partial charge is 0.481 e. The zero-order valence-electron chi connectivity index (χ0n) is 11.2. The van der Waals surface area contributed by atoms with E-state index in [4.69, 9.17) is 15.5 Å². The first-order valence-electron chi connectivity index (χ1n) is 6.84. The van der Waals surface area contributed by atoms with Crippen molar-refractivity contribution in [2.45, 2.75) is 19.4 Å². The first-order chi connectivity index (χ1) is 9.24. The summed E-state index contributed by atoms with van der Waals surface area (Å²) in [6, 6.07) is 5.62. The van der Waals surface area contributed by atoms with Crippen LogP contribution in [0.4, 0.5) is 11.4 Å². The van der Waals surface area contributed by atoms with E-state index in [1.807, 2.05) is 18.2 Å². The minimum absolute atomic E-state index is 0.00535. The van der Waals surface area contributed by atoms with Crippen LogP contribution in [-0.2, 0) is 0 Å². The highest BCUT2D eigenvalue weighted by molar-refractivity contribution is 5.91. The van der Waals surface area contributed by atoms with Gasteiger partial charge in [-0.3, -0.25) is 0 Å². The average molecular weight is 260 g/mol. The number of benzene rings is 1. The quantitative estimate of drug-likeness (QED) is 0.692. The number of nitrogen functional groups attached to an aromatic ring is 1. The van der Waals surface area contributed by atoms with E-state index in [1.54, 1.807) is 0 Å². The van der Waals surface area contributed by atoms with Crippen LogP contribution >= 0.6 is 0 Å². The van der Waals surface area contributed by atoms with Gasteiger partial charge in [-0.15, -0.1) is 0 Å². The van der Waals surface area contributed by atoms with Gasteiger partial charge in [0.05, 0.1) is 0 Å². The molecule has 1 fully saturated rings. The van der Waals surface area contributed by atoms with Gasteiger partial charge in [0.1, 0.15) is 17.3 Å². The Morgan fingerprint density at radius 3 is 3.16 bits per heavy atom. The Kier molecular flexibility index (Phi) is 3.29. The summed E-state index contributed by atoms with van der Waals surface area (Å²) in [5.74, 6) is 1.83. The van der Waals surface area contributed by atoms with Crippen LogP contribution in [0, 0.1) is 0 Å². The topological polar surface area (TPSA) is 62.9 Å². The third-order valence-corrected chi connectivity index (χ3v) is 3.55. The lowest BCUT2D eigenvalue weighted by molar-refractivity contribution is 0.256. The lowest BCUT2D eigenvalue weighted by Crippen LogP contribution is -2.43. The second-order valence-corrected chi connectivity index (χ2v) is 5.05. The maximum absolute atomic E-state index is 5.95. The van der Waals surface area contributed by atoms with Gasteiger partial charge in [-0.05, 0) is 38.1 Å². The Morgan fingerprint density at radius 1 is 1.37 bits per heavy atom. The molecule has 2 aliphatic heterocycles. The zero-order valence-corrected chi connectivity index (χ0v) is 11.2. The molecule has 19 heavy (non-hydrogen) atoms. The van der Waals surface area contributed by atoms with Gasteiger partial charge in [0.2, 0.25) is 0 Å². The number of anilines is 1. The molecule has 0 aromatic heterocycles. The third-order valence-electron chi connectivity index (χ3n) is 3.55. The minimum Gasteiger partial charge on any atom is -0.481 e. The molecule has 0 aliphatic carbocycles. The fraction of sp³-hybridized carbons (Fsp3) is 0.500. The first-order valence-corrected chi connectivity index (χ1v) is 6.84. The summed E-state index contributed by atoms with van der Waals surface area (Å²) in [6.45, 7) is 6.12. The number of nitrogens with two attached hydrogens (primary N) is 1. The number of rotatable bonds is 0. The maximum atomic E-state index is 5.95. The molecule has 1 saturated heterocycles. The van der Waals surface area contributed by atoms with Crippen LogP contribution in [-0.4, -0.2) is 43.0 Å². The molecule has 0 bridgehead atoms. The van der Waals surface area contributed by atoms with E-state index in [9.17, 15) is 0 Å². The highest BCUT2D eigenvalue weighted by atomic mass is 16.5. The fourth-order valence-corrected chi connectivity index (χ4v) is 2.58. The summed E-state index contributed by atoms with van der Waals surface area (Å²) in [7, 11) is 0. The number of hydrogen-bond donors (Lipinski definition) is 2. The van der Waals surface area contributed by atoms with E-state index in [0.29, 0.717) is 0 Å². The van der Waals surface area contributed by atoms with Crippen molar-refractivity contribution in [1.82, 2.24) is 10.2 Å². The molecular formula is C14H20N4O. The monoisotopic (exact) mass is 260 g/mol. The molecule has 1 aromatic rings. The Balaban J connectivity index is 1.91. The van der Waals surface area contributed by atoms with Crippen LogP contribution in [0.15, 0.2) is 23.2 Å². The molecule has 1 atom stereocenters. The number of hydrogen-bond acceptors (Lipinski definition) is 5. The van der Waals surface area contributed by atoms with Gasteiger partial charge in [-0.1, -0.05) is 0 Å². The molecule has 0 radical (unpaired) electrons. The molecule has 5 nitrogen and oxygen atoms in total. The molecule has 0 amide bonds. The highest BCUT2D eigenvalue weighted by Gasteiger charge is 2.25. The Bertz CT molecular complexity index is 492. The van der Waals surface area contributed by atoms with E-state index in [2.05, 4.69) is 17.1 Å². The molecule has 102 valence electrons. The minimum atomic E-state index is -0.00535. The highest BCUT2D eigenvalue weighted by Crippen LogP contribution is 2.34. The zero-order chi connectivity index (χ0) is 13.2. The van der Waals surface area contributed by atoms with Gasteiger partial charge in [0.25, 0.3) is 0 Å². The van der Waals surface area contributed by atoms with Crippen molar-refractivity contribution in [3.8, 4) is 5.75 Å². The molecule has 3 N–H and O–H groups in total. The normalized spacial score (nSPS) is 23.1. The van der Waals surface area contributed by atoms with Gasteiger partial charge in [0, 0.05) is 25.3 Å². The Morgan fingerprint density at radius 2 is 2.26 bits per heavy atom. The third kappa shape index (κ3) is 2.51. The molecule has 1 aromatic carbocycles. The summed E-state index contributed by atoms with van der Waals surface area (Å²) in [5, 5.41) is 3.40. The van der Waals surface area contributed by atoms with Crippen molar-refractivity contribution in [3.63, 3.8) is 0 Å². The van der Waals surface area contributed by atoms with Gasteiger partial charge in [0.15, 0.2) is 6.10 Å². The number of fused-ring (bicyclic) bond motifs is 1. The van der Waals surface area contributed by atoms with Gasteiger partial charge < -0.3 is 20.7 Å². The molecular weight excluding hydrogens is 240 g/mol. The summed E-state index contributed by atoms with van der Waals surface area (Å²) < 4.78 is 5.95. The average Bonchev–Trinajstić information content (AvgIpc) is 2.67. The van der Waals surface area contributed by atoms with E-state index in [0.717, 1.165) is 55.6 Å². The summed E-state index contributed by atoms with van der Waals surface area (Å²) in [4.78, 5) is 7.08. The van der Waals surface area contributed by atoms with Crippen LogP contribution < -0.4 is 15.8 Å². The Labute approximate surface area is 113 Å². The van der Waals surface area contributed by atoms with E-state index in [1.165, 1.54) is 0 Å². The van der Waals surface area contributed by atoms with E-state index >= 15 is 0 Å². The van der Waals surface area contributed by atoms with Gasteiger partial charge in [-0.2, -0.15) is 0 Å². The van der Waals surface area contributed by atoms with Crippen molar-refractivity contribution in [2.24, 2.45) is 4.99 Å². The SMILES string of the molecule is CC1Oc2ccc(N)cc2N=C1N1CCCNCC1.